The third-order valence-electron chi connectivity index (χ3n) is 1.95. The van der Waals surface area contributed by atoms with Gasteiger partial charge in [-0.25, -0.2) is 0 Å². The van der Waals surface area contributed by atoms with Gasteiger partial charge in [0.15, 0.2) is 0 Å². The van der Waals surface area contributed by atoms with E-state index in [4.69, 9.17) is 0 Å². The Morgan fingerprint density at radius 2 is 1.64 bits per heavy atom. The van der Waals surface area contributed by atoms with Crippen LogP contribution in [0.15, 0.2) is 0 Å². The first kappa shape index (κ1) is 17.6. The molecule has 0 aromatic heterocycles. The van der Waals surface area contributed by atoms with E-state index < -0.39 is 0 Å². The van der Waals surface area contributed by atoms with E-state index in [1.165, 1.54) is 0 Å². The third-order valence-corrected chi connectivity index (χ3v) is 1.95. The van der Waals surface area contributed by atoms with Crippen LogP contribution in [-0.4, -0.2) is 66.7 Å². The van der Waals surface area contributed by atoms with Gasteiger partial charge in [0, 0.05) is 23.9 Å². The zero-order chi connectivity index (χ0) is 10.6. The second-order valence-corrected chi connectivity index (χ2v) is 5.10. The quantitative estimate of drug-likeness (QED) is 0.793. The third kappa shape index (κ3) is 8.50. The molecule has 3 heteroatoms. The fourth-order valence-electron chi connectivity index (χ4n) is 1.21. The van der Waals surface area contributed by atoms with E-state index in [0.717, 1.165) is 0 Å². The van der Waals surface area contributed by atoms with Gasteiger partial charge in [0.1, 0.15) is 5.78 Å². The van der Waals surface area contributed by atoms with Gasteiger partial charge in [0.25, 0.3) is 0 Å². The standard InChI is InChI=1S/C11H23NO.Ba.2H/c1-8(2)12-9(3)7-10(13)11(4,5)6;;;/h8-9,12H,7H2,1-6H3;;;. The van der Waals surface area contributed by atoms with E-state index in [1.807, 2.05) is 20.8 Å². The van der Waals surface area contributed by atoms with Crippen LogP contribution in [0.5, 0.6) is 0 Å². The number of carbonyl (C=O) groups excluding carboxylic acids is 1. The topological polar surface area (TPSA) is 29.1 Å². The molecule has 0 saturated carbocycles. The molecule has 0 aromatic carbocycles. The Morgan fingerprint density at radius 1 is 1.21 bits per heavy atom. The summed E-state index contributed by atoms with van der Waals surface area (Å²) in [6.45, 7) is 12.2. The predicted octanol–water partition coefficient (Wildman–Crippen LogP) is 1.46. The number of ketones is 1. The van der Waals surface area contributed by atoms with Crippen LogP contribution in [0.3, 0.4) is 0 Å². The van der Waals surface area contributed by atoms with Crippen molar-refractivity contribution >= 4 is 54.7 Å². The van der Waals surface area contributed by atoms with Gasteiger partial charge >= 0.3 is 48.9 Å². The van der Waals surface area contributed by atoms with Gasteiger partial charge < -0.3 is 5.32 Å². The molecule has 1 atom stereocenters. The van der Waals surface area contributed by atoms with Crippen LogP contribution in [-0.2, 0) is 4.79 Å². The Hall–Kier alpha value is 1.20. The Morgan fingerprint density at radius 3 is 1.93 bits per heavy atom. The van der Waals surface area contributed by atoms with Crippen LogP contribution in [0, 0.1) is 5.41 Å². The number of nitrogens with one attached hydrogen (secondary N) is 1. The number of Topliss-reactive ketones (excluding diaryl/α,β-unsaturated/α-hetero) is 1. The summed E-state index contributed by atoms with van der Waals surface area (Å²) < 4.78 is 0. The molecule has 0 heterocycles. The van der Waals surface area contributed by atoms with Gasteiger partial charge in [-0.05, 0) is 6.92 Å². The molecule has 82 valence electrons. The van der Waals surface area contributed by atoms with Crippen LogP contribution < -0.4 is 5.32 Å². The molecule has 0 saturated heterocycles. The normalized spacial score (nSPS) is 13.6. The molecule has 0 amide bonds. The zero-order valence-corrected chi connectivity index (χ0v) is 9.77. The van der Waals surface area contributed by atoms with Gasteiger partial charge in [-0.15, -0.1) is 0 Å². The number of carbonyl (C=O) groups is 1. The van der Waals surface area contributed by atoms with E-state index >= 15 is 0 Å². The second-order valence-electron chi connectivity index (χ2n) is 5.10. The Bertz CT molecular complexity index is 173. The average Bonchev–Trinajstić information content (AvgIpc) is 1.82. The van der Waals surface area contributed by atoms with E-state index in [-0.39, 0.29) is 60.3 Å². The average molecular weight is 325 g/mol. The molecular formula is C11H25BaNO. The van der Waals surface area contributed by atoms with E-state index in [1.54, 1.807) is 0 Å². The number of rotatable bonds is 4. The molecule has 2 nitrogen and oxygen atoms in total. The molecule has 0 bridgehead atoms. The summed E-state index contributed by atoms with van der Waals surface area (Å²) in [6, 6.07) is 0.731. The summed E-state index contributed by atoms with van der Waals surface area (Å²) in [6.07, 6.45) is 0.627. The minimum atomic E-state index is -0.201. The monoisotopic (exact) mass is 325 g/mol. The molecule has 1 N–H and O–H groups in total. The molecule has 0 spiro atoms. The van der Waals surface area contributed by atoms with Crippen LogP contribution in [0.25, 0.3) is 0 Å². The van der Waals surface area contributed by atoms with Crippen molar-refractivity contribution < 1.29 is 4.79 Å². The van der Waals surface area contributed by atoms with Crippen LogP contribution in [0.4, 0.5) is 0 Å². The molecular weight excluding hydrogens is 299 g/mol. The maximum atomic E-state index is 11.6. The Kier molecular flexibility index (Phi) is 9.39. The molecule has 0 rings (SSSR count). The molecule has 0 aliphatic carbocycles. The number of hydrogen-bond donors (Lipinski definition) is 1. The fraction of sp³-hybridized carbons (Fsp3) is 0.909. The van der Waals surface area contributed by atoms with Crippen LogP contribution in [0.1, 0.15) is 48.0 Å². The summed E-state index contributed by atoms with van der Waals surface area (Å²) in [5, 5.41) is 3.32. The summed E-state index contributed by atoms with van der Waals surface area (Å²) in [7, 11) is 0. The molecule has 0 aromatic rings. The van der Waals surface area contributed by atoms with Crippen molar-refractivity contribution in [2.24, 2.45) is 5.41 Å². The summed E-state index contributed by atoms with van der Waals surface area (Å²) >= 11 is 0. The maximum absolute atomic E-state index is 11.6. The van der Waals surface area contributed by atoms with E-state index in [2.05, 4.69) is 26.1 Å². The van der Waals surface area contributed by atoms with Gasteiger partial charge in [-0.1, -0.05) is 34.6 Å². The number of hydrogen-bond acceptors (Lipinski definition) is 2. The molecule has 0 aliphatic heterocycles. The predicted molar refractivity (Wildman–Crippen MR) is 65.4 cm³/mol. The Balaban J connectivity index is 0. The first-order valence-corrected chi connectivity index (χ1v) is 5.03. The summed E-state index contributed by atoms with van der Waals surface area (Å²) in [4.78, 5) is 11.6. The van der Waals surface area contributed by atoms with Crippen molar-refractivity contribution in [1.82, 2.24) is 5.32 Å². The molecule has 1 unspecified atom stereocenters. The molecule has 0 fully saturated rings. The minimum absolute atomic E-state index is 0. The van der Waals surface area contributed by atoms with Crippen molar-refractivity contribution in [1.29, 1.82) is 0 Å². The Labute approximate surface area is 129 Å². The molecule has 0 radical (unpaired) electrons. The van der Waals surface area contributed by atoms with Gasteiger partial charge in [0.05, 0.1) is 0 Å². The second kappa shape index (κ2) is 7.47. The van der Waals surface area contributed by atoms with Crippen molar-refractivity contribution in [3.8, 4) is 0 Å². The summed E-state index contributed by atoms with van der Waals surface area (Å²) in [5.74, 6) is 0.327. The first-order valence-electron chi connectivity index (χ1n) is 5.03. The molecule has 14 heavy (non-hydrogen) atoms. The SMILES string of the molecule is CC(C)NC(C)CC(=O)C(C)(C)C.[BaH2]. The van der Waals surface area contributed by atoms with E-state index in [9.17, 15) is 4.79 Å². The fourth-order valence-corrected chi connectivity index (χ4v) is 1.21. The zero-order valence-electron chi connectivity index (χ0n) is 9.77. The van der Waals surface area contributed by atoms with Crippen molar-refractivity contribution in [2.45, 2.75) is 60.0 Å². The van der Waals surface area contributed by atoms with Crippen LogP contribution >= 0.6 is 0 Å². The van der Waals surface area contributed by atoms with Crippen molar-refractivity contribution in [3.05, 3.63) is 0 Å². The van der Waals surface area contributed by atoms with Gasteiger partial charge in [-0.3, -0.25) is 4.79 Å². The van der Waals surface area contributed by atoms with Crippen LogP contribution in [0.2, 0.25) is 0 Å². The molecule has 0 aliphatic rings. The summed E-state index contributed by atoms with van der Waals surface area (Å²) in [5.41, 5.74) is -0.201. The van der Waals surface area contributed by atoms with Gasteiger partial charge in [0.2, 0.25) is 0 Å². The van der Waals surface area contributed by atoms with Crippen molar-refractivity contribution in [3.63, 3.8) is 0 Å². The van der Waals surface area contributed by atoms with E-state index in [0.29, 0.717) is 18.2 Å². The van der Waals surface area contributed by atoms with Crippen molar-refractivity contribution in [2.75, 3.05) is 0 Å². The van der Waals surface area contributed by atoms with Gasteiger partial charge in [-0.2, -0.15) is 0 Å². The first-order chi connectivity index (χ1) is 5.73.